The van der Waals surface area contributed by atoms with Gasteiger partial charge in [0.05, 0.1) is 0 Å². The topological polar surface area (TPSA) is 77.8 Å². The van der Waals surface area contributed by atoms with Crippen LogP contribution < -0.4 is 0 Å². The fraction of sp³-hybridized carbons (Fsp3) is 0.500. The molecule has 1 rings (SSSR count). The van der Waals surface area contributed by atoms with Gasteiger partial charge in [0.1, 0.15) is 5.56 Å². The number of carboxylic acids is 1. The summed E-state index contributed by atoms with van der Waals surface area (Å²) in [6.07, 6.45) is 6.34. The van der Waals surface area contributed by atoms with Gasteiger partial charge >= 0.3 is 5.97 Å². The Morgan fingerprint density at radius 3 is 2.39 bits per heavy atom. The molecule has 0 amide bonds. The van der Waals surface area contributed by atoms with E-state index in [0.29, 0.717) is 0 Å². The molecular formula is C14H20O4. The number of carbonyl (C=O) groups is 1. The van der Waals surface area contributed by atoms with Crippen LogP contribution in [0, 0.1) is 0 Å². The SMILES string of the molecule is CCCCCCCc1cc(O)c(O)c(C(=O)O)c1. The molecule has 0 unspecified atom stereocenters. The van der Waals surface area contributed by atoms with Crippen LogP contribution in [-0.4, -0.2) is 21.3 Å². The molecule has 0 spiro atoms. The lowest BCUT2D eigenvalue weighted by atomic mass is 10.0. The minimum absolute atomic E-state index is 0.237. The quantitative estimate of drug-likeness (QED) is 0.514. The molecule has 0 aliphatic carbocycles. The summed E-state index contributed by atoms with van der Waals surface area (Å²) in [6, 6.07) is 2.86. The molecule has 0 saturated carbocycles. The van der Waals surface area contributed by atoms with Gasteiger partial charge in [-0.1, -0.05) is 32.6 Å². The van der Waals surface area contributed by atoms with Crippen molar-refractivity contribution in [2.75, 3.05) is 0 Å². The van der Waals surface area contributed by atoms with Crippen LogP contribution in [0.25, 0.3) is 0 Å². The van der Waals surface area contributed by atoms with Gasteiger partial charge in [-0.3, -0.25) is 0 Å². The Hall–Kier alpha value is -1.71. The van der Waals surface area contributed by atoms with Crippen LogP contribution in [0.15, 0.2) is 12.1 Å². The van der Waals surface area contributed by atoms with Crippen LogP contribution in [0.4, 0.5) is 0 Å². The van der Waals surface area contributed by atoms with Gasteiger partial charge in [0.15, 0.2) is 11.5 Å². The molecular weight excluding hydrogens is 232 g/mol. The van der Waals surface area contributed by atoms with Crippen molar-refractivity contribution in [2.45, 2.75) is 45.4 Å². The molecule has 0 aromatic heterocycles. The fourth-order valence-corrected chi connectivity index (χ4v) is 1.92. The van der Waals surface area contributed by atoms with E-state index in [2.05, 4.69) is 6.92 Å². The second-order valence-electron chi connectivity index (χ2n) is 4.48. The predicted molar refractivity (Wildman–Crippen MR) is 69.2 cm³/mol. The molecule has 4 nitrogen and oxygen atoms in total. The number of carboxylic acid groups (broad SMARTS) is 1. The summed E-state index contributed by atoms with van der Waals surface area (Å²) in [4.78, 5) is 10.9. The van der Waals surface area contributed by atoms with Gasteiger partial charge in [-0.05, 0) is 30.5 Å². The van der Waals surface area contributed by atoms with Gasteiger partial charge in [-0.25, -0.2) is 4.79 Å². The van der Waals surface area contributed by atoms with Gasteiger partial charge in [-0.15, -0.1) is 0 Å². The standard InChI is InChI=1S/C14H20O4/c1-2-3-4-5-6-7-10-8-11(14(17)18)13(16)12(15)9-10/h8-9,15-16H,2-7H2,1H3,(H,17,18). The molecule has 0 heterocycles. The molecule has 1 aromatic carbocycles. The lowest BCUT2D eigenvalue weighted by Crippen LogP contribution is -1.99. The maximum absolute atomic E-state index is 10.9. The van der Waals surface area contributed by atoms with Crippen molar-refractivity contribution in [1.82, 2.24) is 0 Å². The number of aromatic carboxylic acids is 1. The summed E-state index contributed by atoms with van der Waals surface area (Å²) in [5.41, 5.74) is 0.512. The highest BCUT2D eigenvalue weighted by Gasteiger charge is 2.14. The highest BCUT2D eigenvalue weighted by molar-refractivity contribution is 5.92. The van der Waals surface area contributed by atoms with E-state index in [-0.39, 0.29) is 11.3 Å². The minimum Gasteiger partial charge on any atom is -0.504 e. The first-order valence-electron chi connectivity index (χ1n) is 6.34. The third kappa shape index (κ3) is 3.95. The Morgan fingerprint density at radius 2 is 1.78 bits per heavy atom. The highest BCUT2D eigenvalue weighted by atomic mass is 16.4. The molecule has 0 fully saturated rings. The first kappa shape index (κ1) is 14.4. The number of unbranched alkanes of at least 4 members (excludes halogenated alkanes) is 4. The average Bonchev–Trinajstić information content (AvgIpc) is 2.32. The van der Waals surface area contributed by atoms with E-state index in [1.165, 1.54) is 31.4 Å². The van der Waals surface area contributed by atoms with E-state index in [1.54, 1.807) is 0 Å². The number of hydrogen-bond donors (Lipinski definition) is 3. The summed E-state index contributed by atoms with van der Waals surface area (Å²) in [5.74, 6) is -2.15. The maximum Gasteiger partial charge on any atom is 0.339 e. The Kier molecular flexibility index (Phi) is 5.49. The lowest BCUT2D eigenvalue weighted by molar-refractivity contribution is 0.0693. The Balaban J connectivity index is 2.64. The molecule has 0 saturated heterocycles. The number of aromatic hydroxyl groups is 2. The van der Waals surface area contributed by atoms with E-state index in [4.69, 9.17) is 5.11 Å². The molecule has 0 atom stereocenters. The molecule has 4 heteroatoms. The van der Waals surface area contributed by atoms with E-state index in [9.17, 15) is 15.0 Å². The molecule has 3 N–H and O–H groups in total. The van der Waals surface area contributed by atoms with Crippen LogP contribution in [-0.2, 0) is 6.42 Å². The van der Waals surface area contributed by atoms with E-state index in [0.717, 1.165) is 24.8 Å². The maximum atomic E-state index is 10.9. The third-order valence-corrected chi connectivity index (χ3v) is 2.95. The smallest absolute Gasteiger partial charge is 0.339 e. The molecule has 1 aromatic rings. The summed E-state index contributed by atoms with van der Waals surface area (Å²) in [5, 5.41) is 27.7. The predicted octanol–water partition coefficient (Wildman–Crippen LogP) is 3.31. The Morgan fingerprint density at radius 1 is 1.11 bits per heavy atom. The first-order valence-corrected chi connectivity index (χ1v) is 6.34. The summed E-state index contributed by atoms with van der Waals surface area (Å²) in [6.45, 7) is 2.15. The first-order chi connectivity index (χ1) is 8.56. The van der Waals surface area contributed by atoms with E-state index < -0.39 is 11.7 Å². The van der Waals surface area contributed by atoms with Crippen LogP contribution in [0.2, 0.25) is 0 Å². The van der Waals surface area contributed by atoms with Crippen molar-refractivity contribution in [2.24, 2.45) is 0 Å². The van der Waals surface area contributed by atoms with E-state index >= 15 is 0 Å². The lowest BCUT2D eigenvalue weighted by Gasteiger charge is -2.07. The molecule has 0 bridgehead atoms. The highest BCUT2D eigenvalue weighted by Crippen LogP contribution is 2.31. The van der Waals surface area contributed by atoms with Crippen LogP contribution in [0.3, 0.4) is 0 Å². The van der Waals surface area contributed by atoms with Crippen LogP contribution >= 0.6 is 0 Å². The van der Waals surface area contributed by atoms with Gasteiger partial charge < -0.3 is 15.3 Å². The fourth-order valence-electron chi connectivity index (χ4n) is 1.92. The van der Waals surface area contributed by atoms with Crippen molar-refractivity contribution in [3.05, 3.63) is 23.3 Å². The normalized spacial score (nSPS) is 10.5. The molecule has 100 valence electrons. The Labute approximate surface area is 107 Å². The van der Waals surface area contributed by atoms with Gasteiger partial charge in [-0.2, -0.15) is 0 Å². The average molecular weight is 252 g/mol. The van der Waals surface area contributed by atoms with Crippen molar-refractivity contribution < 1.29 is 20.1 Å². The van der Waals surface area contributed by atoms with Crippen molar-refractivity contribution in [3.63, 3.8) is 0 Å². The molecule has 0 aliphatic rings. The summed E-state index contributed by atoms with van der Waals surface area (Å²) < 4.78 is 0. The third-order valence-electron chi connectivity index (χ3n) is 2.95. The zero-order valence-corrected chi connectivity index (χ0v) is 10.6. The number of phenols is 2. The van der Waals surface area contributed by atoms with Crippen molar-refractivity contribution in [1.29, 1.82) is 0 Å². The second-order valence-corrected chi connectivity index (χ2v) is 4.48. The largest absolute Gasteiger partial charge is 0.504 e. The second kappa shape index (κ2) is 6.89. The zero-order valence-electron chi connectivity index (χ0n) is 10.6. The number of rotatable bonds is 7. The number of benzene rings is 1. The summed E-state index contributed by atoms with van der Waals surface area (Å²) in [7, 11) is 0. The molecule has 0 aliphatic heterocycles. The number of aryl methyl sites for hydroxylation is 1. The molecule has 0 radical (unpaired) electrons. The van der Waals surface area contributed by atoms with Crippen molar-refractivity contribution >= 4 is 5.97 Å². The van der Waals surface area contributed by atoms with Crippen LogP contribution in [0.5, 0.6) is 11.5 Å². The Bertz CT molecular complexity index is 413. The zero-order chi connectivity index (χ0) is 13.5. The van der Waals surface area contributed by atoms with Crippen LogP contribution in [0.1, 0.15) is 54.9 Å². The van der Waals surface area contributed by atoms with Gasteiger partial charge in [0, 0.05) is 0 Å². The number of hydrogen-bond acceptors (Lipinski definition) is 3. The monoisotopic (exact) mass is 252 g/mol. The summed E-state index contributed by atoms with van der Waals surface area (Å²) >= 11 is 0. The van der Waals surface area contributed by atoms with E-state index in [1.807, 2.05) is 0 Å². The van der Waals surface area contributed by atoms with Gasteiger partial charge in [0.2, 0.25) is 0 Å². The minimum atomic E-state index is -1.23. The molecule has 18 heavy (non-hydrogen) atoms. The van der Waals surface area contributed by atoms with Gasteiger partial charge in [0.25, 0.3) is 0 Å². The van der Waals surface area contributed by atoms with Crippen molar-refractivity contribution in [3.8, 4) is 11.5 Å². The number of phenolic OH excluding ortho intramolecular Hbond substituents is 1.